The molecule has 0 radical (unpaired) electrons. The van der Waals surface area contributed by atoms with E-state index in [2.05, 4.69) is 11.2 Å². The van der Waals surface area contributed by atoms with Gasteiger partial charge in [0.2, 0.25) is 0 Å². The first kappa shape index (κ1) is 21.8. The van der Waals surface area contributed by atoms with Gasteiger partial charge in [-0.05, 0) is 50.5 Å². The molecule has 1 unspecified atom stereocenters. The minimum atomic E-state index is -1.17. The fourth-order valence-corrected chi connectivity index (χ4v) is 4.91. The second-order valence-electron chi connectivity index (χ2n) is 7.09. The molecule has 0 bridgehead atoms. The van der Waals surface area contributed by atoms with Crippen molar-refractivity contribution in [3.05, 3.63) is 68.5 Å². The van der Waals surface area contributed by atoms with Crippen molar-refractivity contribution >= 4 is 40.0 Å². The van der Waals surface area contributed by atoms with Crippen molar-refractivity contribution in [2.24, 2.45) is 0 Å². The maximum absolute atomic E-state index is 12.6. The molecule has 3 rings (SSSR count). The summed E-state index contributed by atoms with van der Waals surface area (Å²) in [6.45, 7) is 4.38. The van der Waals surface area contributed by atoms with Crippen molar-refractivity contribution in [1.82, 2.24) is 9.78 Å². The zero-order valence-electron chi connectivity index (χ0n) is 16.2. The van der Waals surface area contributed by atoms with Crippen LogP contribution in [0.25, 0.3) is 0 Å². The third kappa shape index (κ3) is 5.38. The number of aliphatic carboxylic acids is 1. The van der Waals surface area contributed by atoms with Crippen molar-refractivity contribution in [1.29, 1.82) is 0 Å². The maximum atomic E-state index is 12.6. The highest BCUT2D eigenvalue weighted by atomic mass is 35.5. The first-order chi connectivity index (χ1) is 13.7. The Balaban J connectivity index is 1.67. The predicted octanol–water partition coefficient (Wildman–Crippen LogP) is 4.89. The molecule has 0 saturated heterocycles. The minimum absolute atomic E-state index is 0.0126. The number of carboxylic acids is 1. The summed E-state index contributed by atoms with van der Waals surface area (Å²) in [7, 11) is -1.17. The van der Waals surface area contributed by atoms with E-state index in [1.165, 1.54) is 5.57 Å². The van der Waals surface area contributed by atoms with Gasteiger partial charge in [-0.1, -0.05) is 40.9 Å². The molecule has 1 N–H and O–H groups in total. The van der Waals surface area contributed by atoms with Gasteiger partial charge in [-0.25, -0.2) is 0 Å². The Bertz CT molecular complexity index is 1040. The second-order valence-corrected chi connectivity index (χ2v) is 9.36. The van der Waals surface area contributed by atoms with Crippen molar-refractivity contribution in [2.45, 2.75) is 44.6 Å². The molecule has 0 amide bonds. The van der Waals surface area contributed by atoms with Gasteiger partial charge in [0, 0.05) is 21.9 Å². The summed E-state index contributed by atoms with van der Waals surface area (Å²) < 4.78 is 14.5. The summed E-state index contributed by atoms with van der Waals surface area (Å²) in [5.74, 6) is -0.389. The fraction of sp³-hybridized carbons (Fsp3) is 0.333. The van der Waals surface area contributed by atoms with Crippen molar-refractivity contribution in [3.8, 4) is 0 Å². The molecule has 1 heterocycles. The minimum Gasteiger partial charge on any atom is -0.481 e. The summed E-state index contributed by atoms with van der Waals surface area (Å²) in [4.78, 5) is 11.7. The quantitative estimate of drug-likeness (QED) is 0.648. The topological polar surface area (TPSA) is 72.2 Å². The normalized spacial score (nSPS) is 15.0. The van der Waals surface area contributed by atoms with Crippen LogP contribution >= 0.6 is 23.2 Å². The van der Waals surface area contributed by atoms with E-state index in [1.807, 2.05) is 24.6 Å². The van der Waals surface area contributed by atoms with Gasteiger partial charge in [0.1, 0.15) is 0 Å². The molecule has 1 aliphatic rings. The van der Waals surface area contributed by atoms with Gasteiger partial charge in [-0.3, -0.25) is 13.7 Å². The standard InChI is InChI=1S/C21H22Cl2N2O3S/c1-13-18(10-21(26)27)14(2)25(24-13)11-15-3-5-16(6-4-15)12-29(28)17-7-8-19(22)20(23)9-17/h3,5,7-9H,4,6,10-12H2,1-2H3,(H,26,27). The summed E-state index contributed by atoms with van der Waals surface area (Å²) >= 11 is 11.9. The molecular weight excluding hydrogens is 431 g/mol. The zero-order valence-corrected chi connectivity index (χ0v) is 18.6. The van der Waals surface area contributed by atoms with E-state index in [0.717, 1.165) is 35.4 Å². The van der Waals surface area contributed by atoms with Crippen LogP contribution in [0.2, 0.25) is 10.0 Å². The van der Waals surface area contributed by atoms with Crippen molar-refractivity contribution < 1.29 is 14.1 Å². The largest absolute Gasteiger partial charge is 0.481 e. The SMILES string of the molecule is Cc1nn(CC2=CC=C(CS(=O)c3ccc(Cl)c(Cl)c3)CC2)c(C)c1CC(=O)O. The van der Waals surface area contributed by atoms with Crippen LogP contribution in [0, 0.1) is 13.8 Å². The van der Waals surface area contributed by atoms with Crippen LogP contribution in [0.5, 0.6) is 0 Å². The Morgan fingerprint density at radius 2 is 1.86 bits per heavy atom. The van der Waals surface area contributed by atoms with E-state index in [0.29, 0.717) is 27.2 Å². The van der Waals surface area contributed by atoms with Crippen LogP contribution in [0.15, 0.2) is 46.4 Å². The molecule has 1 aromatic heterocycles. The number of benzene rings is 1. The average molecular weight is 453 g/mol. The van der Waals surface area contributed by atoms with Crippen LogP contribution in [-0.2, 0) is 28.6 Å². The first-order valence-electron chi connectivity index (χ1n) is 9.20. The lowest BCUT2D eigenvalue weighted by Crippen LogP contribution is -2.10. The molecule has 5 nitrogen and oxygen atoms in total. The number of aryl methyl sites for hydroxylation is 1. The van der Waals surface area contributed by atoms with Gasteiger partial charge in [0.15, 0.2) is 0 Å². The third-order valence-corrected chi connectivity index (χ3v) is 7.16. The van der Waals surface area contributed by atoms with Gasteiger partial charge in [0.25, 0.3) is 0 Å². The van der Waals surface area contributed by atoms with Gasteiger partial charge in [0.05, 0.1) is 39.5 Å². The molecule has 0 saturated carbocycles. The first-order valence-corrected chi connectivity index (χ1v) is 11.3. The Labute approximate surface area is 182 Å². The molecule has 8 heteroatoms. The van der Waals surface area contributed by atoms with Crippen LogP contribution < -0.4 is 0 Å². The number of halogens is 2. The van der Waals surface area contributed by atoms with E-state index in [-0.39, 0.29) is 6.42 Å². The Kier molecular flexibility index (Phi) is 6.98. The second kappa shape index (κ2) is 9.28. The van der Waals surface area contributed by atoms with E-state index in [4.69, 9.17) is 28.3 Å². The van der Waals surface area contributed by atoms with E-state index >= 15 is 0 Å². The number of carboxylic acid groups (broad SMARTS) is 1. The lowest BCUT2D eigenvalue weighted by atomic mass is 9.99. The predicted molar refractivity (Wildman–Crippen MR) is 116 cm³/mol. The number of rotatable bonds is 7. The van der Waals surface area contributed by atoms with Gasteiger partial charge in [-0.2, -0.15) is 5.10 Å². The highest BCUT2D eigenvalue weighted by molar-refractivity contribution is 7.85. The number of hydrogen-bond acceptors (Lipinski definition) is 3. The number of hydrogen-bond donors (Lipinski definition) is 1. The summed E-state index contributed by atoms with van der Waals surface area (Å²) in [5, 5.41) is 14.4. The molecule has 1 aromatic carbocycles. The third-order valence-electron chi connectivity index (χ3n) is 5.00. The summed E-state index contributed by atoms with van der Waals surface area (Å²) in [5.41, 5.74) is 4.76. The van der Waals surface area contributed by atoms with Gasteiger partial charge < -0.3 is 5.11 Å². The van der Waals surface area contributed by atoms with Gasteiger partial charge in [-0.15, -0.1) is 0 Å². The van der Waals surface area contributed by atoms with Crippen LogP contribution in [0.4, 0.5) is 0 Å². The molecule has 0 aliphatic heterocycles. The fourth-order valence-electron chi connectivity index (χ4n) is 3.33. The number of nitrogens with zero attached hydrogens (tertiary/aromatic N) is 2. The summed E-state index contributed by atoms with van der Waals surface area (Å²) in [6.07, 6.45) is 5.76. The van der Waals surface area contributed by atoms with Crippen molar-refractivity contribution in [3.63, 3.8) is 0 Å². The molecule has 29 heavy (non-hydrogen) atoms. The number of aromatic nitrogens is 2. The number of allylic oxidation sites excluding steroid dienone is 3. The molecular formula is C21H22Cl2N2O3S. The summed E-state index contributed by atoms with van der Waals surface area (Å²) in [6, 6.07) is 5.06. The smallest absolute Gasteiger partial charge is 0.307 e. The van der Waals surface area contributed by atoms with Crippen LogP contribution in [-0.4, -0.2) is 30.8 Å². The molecule has 154 valence electrons. The van der Waals surface area contributed by atoms with Crippen LogP contribution in [0.3, 0.4) is 0 Å². The molecule has 1 atom stereocenters. The lowest BCUT2D eigenvalue weighted by molar-refractivity contribution is -0.136. The van der Waals surface area contributed by atoms with Gasteiger partial charge >= 0.3 is 5.97 Å². The molecule has 0 fully saturated rings. The maximum Gasteiger partial charge on any atom is 0.307 e. The lowest BCUT2D eigenvalue weighted by Gasteiger charge is -2.16. The monoisotopic (exact) mass is 452 g/mol. The van der Waals surface area contributed by atoms with E-state index in [1.54, 1.807) is 18.2 Å². The molecule has 1 aliphatic carbocycles. The highest BCUT2D eigenvalue weighted by Gasteiger charge is 2.17. The Hall–Kier alpha value is -1.89. The molecule has 2 aromatic rings. The zero-order chi connectivity index (χ0) is 21.1. The van der Waals surface area contributed by atoms with E-state index in [9.17, 15) is 9.00 Å². The highest BCUT2D eigenvalue weighted by Crippen LogP contribution is 2.27. The van der Waals surface area contributed by atoms with E-state index < -0.39 is 16.8 Å². The average Bonchev–Trinajstić information content (AvgIpc) is 2.92. The van der Waals surface area contributed by atoms with Crippen LogP contribution in [0.1, 0.15) is 29.8 Å². The molecule has 0 spiro atoms. The van der Waals surface area contributed by atoms with Crippen molar-refractivity contribution in [2.75, 3.05) is 5.75 Å². The Morgan fingerprint density at radius 1 is 1.17 bits per heavy atom. The Morgan fingerprint density at radius 3 is 2.48 bits per heavy atom. The number of carbonyl (C=O) groups is 1.